The van der Waals surface area contributed by atoms with E-state index in [4.69, 9.17) is 4.52 Å². The molecule has 2 aromatic rings. The van der Waals surface area contributed by atoms with Crippen LogP contribution in [0.1, 0.15) is 36.4 Å². The SMILES string of the molecule is CCC(Sc1ccccc1)c1nc(C2CNCCN2C)no1. The quantitative estimate of drug-likeness (QED) is 0.856. The van der Waals surface area contributed by atoms with Crippen LogP contribution in [0, 0.1) is 0 Å². The second-order valence-corrected chi connectivity index (χ2v) is 6.80. The summed E-state index contributed by atoms with van der Waals surface area (Å²) in [5, 5.41) is 7.81. The summed E-state index contributed by atoms with van der Waals surface area (Å²) in [4.78, 5) is 8.17. The van der Waals surface area contributed by atoms with E-state index in [0.29, 0.717) is 0 Å². The van der Waals surface area contributed by atoms with Gasteiger partial charge in [0.05, 0.1) is 11.3 Å². The van der Waals surface area contributed by atoms with Gasteiger partial charge in [-0.1, -0.05) is 30.3 Å². The topological polar surface area (TPSA) is 54.2 Å². The predicted octanol–water partition coefficient (Wildman–Crippen LogP) is 2.89. The first-order valence-electron chi connectivity index (χ1n) is 7.74. The number of likely N-dealkylation sites (N-methyl/N-ethyl adjacent to an activating group) is 1. The van der Waals surface area contributed by atoms with Crippen molar-refractivity contribution in [3.05, 3.63) is 42.0 Å². The number of hydrogen-bond acceptors (Lipinski definition) is 6. The Balaban J connectivity index is 1.73. The molecule has 0 saturated carbocycles. The number of thioether (sulfide) groups is 1. The highest BCUT2D eigenvalue weighted by molar-refractivity contribution is 7.99. The van der Waals surface area contributed by atoms with Crippen LogP contribution in [0.5, 0.6) is 0 Å². The molecular formula is C16H22N4OS. The predicted molar refractivity (Wildman–Crippen MR) is 87.9 cm³/mol. The Labute approximate surface area is 135 Å². The first-order valence-corrected chi connectivity index (χ1v) is 8.62. The third kappa shape index (κ3) is 3.51. The van der Waals surface area contributed by atoms with Gasteiger partial charge in [-0.15, -0.1) is 11.8 Å². The molecule has 6 heteroatoms. The van der Waals surface area contributed by atoms with E-state index in [1.165, 1.54) is 4.90 Å². The maximum Gasteiger partial charge on any atom is 0.240 e. The maximum absolute atomic E-state index is 5.56. The Bertz CT molecular complexity index is 589. The summed E-state index contributed by atoms with van der Waals surface area (Å²) in [5.74, 6) is 1.52. The summed E-state index contributed by atoms with van der Waals surface area (Å²) in [6.45, 7) is 5.04. The van der Waals surface area contributed by atoms with E-state index in [2.05, 4.69) is 58.6 Å². The van der Waals surface area contributed by atoms with Gasteiger partial charge in [-0.25, -0.2) is 0 Å². The first-order chi connectivity index (χ1) is 10.8. The number of nitrogens with one attached hydrogen (secondary N) is 1. The van der Waals surface area contributed by atoms with E-state index in [0.717, 1.165) is 37.8 Å². The first kappa shape index (κ1) is 15.5. The van der Waals surface area contributed by atoms with Crippen molar-refractivity contribution in [1.82, 2.24) is 20.4 Å². The molecule has 118 valence electrons. The fourth-order valence-corrected chi connectivity index (χ4v) is 3.59. The Morgan fingerprint density at radius 2 is 2.23 bits per heavy atom. The van der Waals surface area contributed by atoms with Crippen molar-refractivity contribution in [3.8, 4) is 0 Å². The van der Waals surface area contributed by atoms with Crippen LogP contribution in [0.4, 0.5) is 0 Å². The van der Waals surface area contributed by atoms with Crippen LogP contribution < -0.4 is 5.32 Å². The molecular weight excluding hydrogens is 296 g/mol. The average molecular weight is 318 g/mol. The summed E-state index contributed by atoms with van der Waals surface area (Å²) in [6, 6.07) is 10.6. The third-order valence-corrected chi connectivity index (χ3v) is 5.30. The Hall–Kier alpha value is -1.37. The molecule has 5 nitrogen and oxygen atoms in total. The molecule has 0 aliphatic carbocycles. The summed E-state index contributed by atoms with van der Waals surface area (Å²) in [7, 11) is 2.11. The van der Waals surface area contributed by atoms with Crippen LogP contribution in [0.3, 0.4) is 0 Å². The van der Waals surface area contributed by atoms with Crippen molar-refractivity contribution in [2.45, 2.75) is 29.5 Å². The zero-order valence-corrected chi connectivity index (χ0v) is 13.8. The summed E-state index contributed by atoms with van der Waals surface area (Å²) in [6.07, 6.45) is 0.958. The molecule has 2 heterocycles. The minimum absolute atomic E-state index is 0.200. The van der Waals surface area contributed by atoms with Gasteiger partial charge in [-0.05, 0) is 25.6 Å². The van der Waals surface area contributed by atoms with Crippen molar-refractivity contribution in [2.75, 3.05) is 26.7 Å². The van der Waals surface area contributed by atoms with Crippen molar-refractivity contribution >= 4 is 11.8 Å². The smallest absolute Gasteiger partial charge is 0.240 e. The van der Waals surface area contributed by atoms with Crippen LogP contribution in [-0.2, 0) is 0 Å². The molecule has 1 fully saturated rings. The molecule has 3 rings (SSSR count). The number of piperazine rings is 1. The standard InChI is InChI=1S/C16H22N4OS/c1-3-14(22-12-7-5-4-6-8-12)16-18-15(19-21-16)13-11-17-9-10-20(13)2/h4-8,13-14,17H,3,9-11H2,1-2H3. The van der Waals surface area contributed by atoms with Crippen LogP contribution in [0.2, 0.25) is 0 Å². The normalized spacial score (nSPS) is 20.9. The van der Waals surface area contributed by atoms with Gasteiger partial charge in [0.15, 0.2) is 5.82 Å². The molecule has 1 aliphatic rings. The van der Waals surface area contributed by atoms with E-state index in [-0.39, 0.29) is 11.3 Å². The molecule has 0 amide bonds. The lowest BCUT2D eigenvalue weighted by Gasteiger charge is -2.30. The van der Waals surface area contributed by atoms with Gasteiger partial charge in [0.1, 0.15) is 0 Å². The van der Waals surface area contributed by atoms with Crippen molar-refractivity contribution < 1.29 is 4.52 Å². The third-order valence-electron chi connectivity index (χ3n) is 3.93. The molecule has 1 aromatic heterocycles. The van der Waals surface area contributed by atoms with Crippen LogP contribution in [0.15, 0.2) is 39.8 Å². The largest absolute Gasteiger partial charge is 0.338 e. The van der Waals surface area contributed by atoms with Gasteiger partial charge in [0.2, 0.25) is 5.89 Å². The fraction of sp³-hybridized carbons (Fsp3) is 0.500. The summed E-state index contributed by atoms with van der Waals surface area (Å²) >= 11 is 1.78. The van der Waals surface area contributed by atoms with Gasteiger partial charge >= 0.3 is 0 Å². The average Bonchev–Trinajstić information content (AvgIpc) is 3.03. The second-order valence-electron chi connectivity index (χ2n) is 5.52. The van der Waals surface area contributed by atoms with Crippen molar-refractivity contribution in [1.29, 1.82) is 0 Å². The molecule has 2 unspecified atom stereocenters. The highest BCUT2D eigenvalue weighted by Crippen LogP contribution is 2.37. The van der Waals surface area contributed by atoms with Crippen molar-refractivity contribution in [3.63, 3.8) is 0 Å². The number of hydrogen-bond donors (Lipinski definition) is 1. The Kier molecular flexibility index (Phi) is 5.12. The van der Waals surface area contributed by atoms with E-state index < -0.39 is 0 Å². The molecule has 0 bridgehead atoms. The molecule has 1 saturated heterocycles. The molecule has 1 aliphatic heterocycles. The molecule has 0 radical (unpaired) electrons. The highest BCUT2D eigenvalue weighted by Gasteiger charge is 2.27. The summed E-state index contributed by atoms with van der Waals surface area (Å²) in [5.41, 5.74) is 0. The molecule has 1 aromatic carbocycles. The van der Waals surface area contributed by atoms with Crippen molar-refractivity contribution in [2.24, 2.45) is 0 Å². The van der Waals surface area contributed by atoms with Gasteiger partial charge < -0.3 is 9.84 Å². The lowest BCUT2D eigenvalue weighted by Crippen LogP contribution is -2.44. The number of aromatic nitrogens is 2. The van der Waals surface area contributed by atoms with E-state index >= 15 is 0 Å². The fourth-order valence-electron chi connectivity index (χ4n) is 2.58. The number of nitrogens with zero attached hydrogens (tertiary/aromatic N) is 3. The minimum atomic E-state index is 0.200. The Morgan fingerprint density at radius 3 is 2.95 bits per heavy atom. The molecule has 0 spiro atoms. The lowest BCUT2D eigenvalue weighted by atomic mass is 10.2. The molecule has 2 atom stereocenters. The number of benzene rings is 1. The lowest BCUT2D eigenvalue weighted by molar-refractivity contribution is 0.190. The van der Waals surface area contributed by atoms with Gasteiger partial charge in [0.25, 0.3) is 0 Å². The zero-order chi connectivity index (χ0) is 15.4. The number of rotatable bonds is 5. The van der Waals surface area contributed by atoms with Gasteiger partial charge in [0, 0.05) is 24.5 Å². The second kappa shape index (κ2) is 7.26. The van der Waals surface area contributed by atoms with E-state index in [1.807, 2.05) is 6.07 Å². The summed E-state index contributed by atoms with van der Waals surface area (Å²) < 4.78 is 5.56. The van der Waals surface area contributed by atoms with E-state index in [9.17, 15) is 0 Å². The maximum atomic E-state index is 5.56. The zero-order valence-electron chi connectivity index (χ0n) is 13.0. The van der Waals surface area contributed by atoms with Crippen LogP contribution >= 0.6 is 11.8 Å². The van der Waals surface area contributed by atoms with Crippen LogP contribution in [-0.4, -0.2) is 41.7 Å². The van der Waals surface area contributed by atoms with Crippen LogP contribution in [0.25, 0.3) is 0 Å². The van der Waals surface area contributed by atoms with E-state index in [1.54, 1.807) is 11.8 Å². The molecule has 22 heavy (non-hydrogen) atoms. The molecule has 1 N–H and O–H groups in total. The van der Waals surface area contributed by atoms with Gasteiger partial charge in [-0.3, -0.25) is 4.90 Å². The minimum Gasteiger partial charge on any atom is -0.338 e. The highest BCUT2D eigenvalue weighted by atomic mass is 32.2. The monoisotopic (exact) mass is 318 g/mol. The van der Waals surface area contributed by atoms with Gasteiger partial charge in [-0.2, -0.15) is 4.98 Å². The Morgan fingerprint density at radius 1 is 1.41 bits per heavy atom.